The van der Waals surface area contributed by atoms with Gasteiger partial charge in [0.15, 0.2) is 0 Å². The molecule has 2 aromatic rings. The summed E-state index contributed by atoms with van der Waals surface area (Å²) < 4.78 is 4.91. The van der Waals surface area contributed by atoms with Gasteiger partial charge in [-0.1, -0.05) is 33.1 Å². The van der Waals surface area contributed by atoms with Gasteiger partial charge in [-0.25, -0.2) is 13.9 Å². The van der Waals surface area contributed by atoms with Crippen molar-refractivity contribution in [3.63, 3.8) is 0 Å². The third-order valence-corrected chi connectivity index (χ3v) is 5.55. The minimum Gasteiger partial charge on any atom is -0.270 e. The van der Waals surface area contributed by atoms with Crippen LogP contribution in [-0.4, -0.2) is 39.2 Å². The number of aromatic nitrogens is 2. The van der Waals surface area contributed by atoms with Crippen molar-refractivity contribution < 1.29 is 14.2 Å². The smallest absolute Gasteiger partial charge is 0.270 e. The molecule has 0 spiro atoms. The molecule has 1 unspecified atom stereocenters. The number of halogens is 1. The number of amidine groups is 1. The van der Waals surface area contributed by atoms with E-state index in [1.165, 1.54) is 9.80 Å². The lowest BCUT2D eigenvalue weighted by atomic mass is 10.1. The Morgan fingerprint density at radius 2 is 1.89 bits per heavy atom. The quantitative estimate of drug-likeness (QED) is 0.702. The van der Waals surface area contributed by atoms with Gasteiger partial charge in [0.25, 0.3) is 5.91 Å². The van der Waals surface area contributed by atoms with Crippen molar-refractivity contribution in [2.75, 3.05) is 7.05 Å². The van der Waals surface area contributed by atoms with Crippen LogP contribution in [0.25, 0.3) is 0 Å². The summed E-state index contributed by atoms with van der Waals surface area (Å²) in [6.07, 6.45) is 1.94. The number of imidazole rings is 1. The molecule has 1 aromatic carbocycles. The number of amides is 3. The lowest BCUT2D eigenvalue weighted by Gasteiger charge is -2.33. The van der Waals surface area contributed by atoms with Crippen LogP contribution in [0.15, 0.2) is 39.9 Å². The van der Waals surface area contributed by atoms with Crippen molar-refractivity contribution in [3.8, 4) is 0 Å². The Morgan fingerprint density at radius 1 is 1.22 bits per heavy atom. The van der Waals surface area contributed by atoms with E-state index in [1.54, 1.807) is 7.05 Å². The molecule has 0 saturated carbocycles. The van der Waals surface area contributed by atoms with E-state index in [1.807, 2.05) is 42.0 Å². The summed E-state index contributed by atoms with van der Waals surface area (Å²) in [6.45, 7) is 6.39. The topological polar surface area (TPSA) is 61.8 Å². The third kappa shape index (κ3) is 2.70. The Bertz CT molecular complexity index is 977. The van der Waals surface area contributed by atoms with E-state index in [9.17, 15) is 9.59 Å². The van der Waals surface area contributed by atoms with Crippen molar-refractivity contribution in [1.29, 1.82) is 0 Å². The van der Waals surface area contributed by atoms with E-state index in [2.05, 4.69) is 39.3 Å². The molecule has 0 bridgehead atoms. The van der Waals surface area contributed by atoms with E-state index in [0.717, 1.165) is 15.7 Å². The SMILES string of the molecule is Cc1c[n+]2c(n1C(C)C)N=C1C2C(=O)N(Cc2ccc(Br)cc2)C(=O)N1C. The normalized spacial score (nSPS) is 18.9. The van der Waals surface area contributed by atoms with Crippen LogP contribution in [0, 0.1) is 6.92 Å². The molecule has 1 fully saturated rings. The van der Waals surface area contributed by atoms with Crippen LogP contribution >= 0.6 is 15.9 Å². The molecule has 140 valence electrons. The predicted molar refractivity (Wildman–Crippen MR) is 104 cm³/mol. The Balaban J connectivity index is 1.73. The summed E-state index contributed by atoms with van der Waals surface area (Å²) in [5, 5.41) is 0. The first-order chi connectivity index (χ1) is 12.8. The largest absolute Gasteiger partial charge is 0.402 e. The lowest BCUT2D eigenvalue weighted by molar-refractivity contribution is -0.677. The number of aryl methyl sites for hydroxylation is 1. The van der Waals surface area contributed by atoms with Crippen LogP contribution in [-0.2, 0) is 11.3 Å². The number of carbonyl (C=O) groups is 2. The van der Waals surface area contributed by atoms with Crippen molar-refractivity contribution >= 4 is 39.7 Å². The number of benzene rings is 1. The molecular weight excluding hydrogens is 410 g/mol. The molecule has 1 saturated heterocycles. The summed E-state index contributed by atoms with van der Waals surface area (Å²) in [5.41, 5.74) is 1.93. The van der Waals surface area contributed by atoms with Crippen LogP contribution in [0.2, 0.25) is 0 Å². The maximum atomic E-state index is 13.2. The van der Waals surface area contributed by atoms with Gasteiger partial charge in [0.2, 0.25) is 11.9 Å². The van der Waals surface area contributed by atoms with Crippen molar-refractivity contribution in [3.05, 3.63) is 46.2 Å². The molecular formula is C19H21BrN5O2+. The number of likely N-dealkylation sites (N-methyl/N-ethyl adjacent to an activating group) is 1. The standard InChI is InChI=1S/C19H21BrN5O2/c1-11(2)25-12(3)9-23-15-16(21-18(23)25)22(4)19(27)24(17(15)26)10-13-5-7-14(20)8-6-13/h5-9,11,15H,10H2,1-4H3/q+1. The van der Waals surface area contributed by atoms with Crippen LogP contribution in [0.5, 0.6) is 0 Å². The zero-order valence-corrected chi connectivity index (χ0v) is 17.3. The van der Waals surface area contributed by atoms with E-state index in [-0.39, 0.29) is 24.5 Å². The Hall–Kier alpha value is -2.48. The molecule has 4 rings (SSSR count). The van der Waals surface area contributed by atoms with Crippen LogP contribution in [0.1, 0.15) is 37.2 Å². The fourth-order valence-corrected chi connectivity index (χ4v) is 4.02. The van der Waals surface area contributed by atoms with Crippen molar-refractivity contribution in [1.82, 2.24) is 14.4 Å². The molecule has 0 aliphatic carbocycles. The fraction of sp³-hybridized carbons (Fsp3) is 0.368. The number of imide groups is 1. The van der Waals surface area contributed by atoms with Gasteiger partial charge in [0.05, 0.1) is 12.6 Å². The minimum atomic E-state index is -0.600. The number of aliphatic imine (C=N–C) groups is 1. The van der Waals surface area contributed by atoms with Gasteiger partial charge in [-0.2, -0.15) is 0 Å². The molecule has 1 aromatic heterocycles. The van der Waals surface area contributed by atoms with E-state index < -0.39 is 6.04 Å². The average Bonchev–Trinajstić information content (AvgIpc) is 3.12. The highest BCUT2D eigenvalue weighted by Gasteiger charge is 2.53. The molecule has 0 N–H and O–H groups in total. The van der Waals surface area contributed by atoms with Gasteiger partial charge >= 0.3 is 12.0 Å². The average molecular weight is 431 g/mol. The van der Waals surface area contributed by atoms with Gasteiger partial charge in [-0.15, -0.1) is 0 Å². The molecule has 0 radical (unpaired) electrons. The highest BCUT2D eigenvalue weighted by molar-refractivity contribution is 9.10. The Kier molecular flexibility index (Phi) is 4.18. The summed E-state index contributed by atoms with van der Waals surface area (Å²) in [7, 11) is 1.67. The number of hydrogen-bond donors (Lipinski definition) is 0. The first kappa shape index (κ1) is 17.9. The van der Waals surface area contributed by atoms with Crippen LogP contribution < -0.4 is 4.57 Å². The second-order valence-electron chi connectivity index (χ2n) is 7.21. The lowest BCUT2D eigenvalue weighted by Crippen LogP contribution is -2.62. The van der Waals surface area contributed by atoms with Gasteiger partial charge < -0.3 is 0 Å². The predicted octanol–water partition coefficient (Wildman–Crippen LogP) is 3.11. The summed E-state index contributed by atoms with van der Waals surface area (Å²) in [5.74, 6) is 0.951. The molecule has 2 aliphatic heterocycles. The first-order valence-corrected chi connectivity index (χ1v) is 9.64. The summed E-state index contributed by atoms with van der Waals surface area (Å²) >= 11 is 3.40. The molecule has 3 heterocycles. The Morgan fingerprint density at radius 3 is 2.52 bits per heavy atom. The third-order valence-electron chi connectivity index (χ3n) is 5.02. The van der Waals surface area contributed by atoms with Crippen molar-refractivity contribution in [2.24, 2.45) is 4.99 Å². The van der Waals surface area contributed by atoms with E-state index >= 15 is 0 Å². The molecule has 1 atom stereocenters. The second-order valence-corrected chi connectivity index (χ2v) is 8.12. The second kappa shape index (κ2) is 6.30. The van der Waals surface area contributed by atoms with Gasteiger partial charge in [0.1, 0.15) is 11.9 Å². The molecule has 8 heteroatoms. The molecule has 3 amide bonds. The zero-order chi connectivity index (χ0) is 19.5. The first-order valence-electron chi connectivity index (χ1n) is 8.84. The van der Waals surface area contributed by atoms with E-state index in [4.69, 9.17) is 0 Å². The molecule has 2 aliphatic rings. The monoisotopic (exact) mass is 430 g/mol. The number of hydrogen-bond acceptors (Lipinski definition) is 3. The maximum absolute atomic E-state index is 13.2. The van der Waals surface area contributed by atoms with Gasteiger partial charge in [0, 0.05) is 11.5 Å². The number of urea groups is 1. The van der Waals surface area contributed by atoms with Gasteiger partial charge in [-0.3, -0.25) is 14.6 Å². The highest BCUT2D eigenvalue weighted by atomic mass is 79.9. The van der Waals surface area contributed by atoms with Crippen LogP contribution in [0.3, 0.4) is 0 Å². The number of carbonyl (C=O) groups excluding carboxylic acids is 2. The molecule has 27 heavy (non-hydrogen) atoms. The fourth-order valence-electron chi connectivity index (χ4n) is 3.76. The zero-order valence-electron chi connectivity index (χ0n) is 15.7. The highest BCUT2D eigenvalue weighted by Crippen LogP contribution is 2.31. The Labute approximate surface area is 166 Å². The number of rotatable bonds is 3. The van der Waals surface area contributed by atoms with Gasteiger partial charge in [-0.05, 0) is 38.5 Å². The summed E-state index contributed by atoms with van der Waals surface area (Å²) in [4.78, 5) is 33.5. The molecule has 7 nitrogen and oxygen atoms in total. The van der Waals surface area contributed by atoms with E-state index in [0.29, 0.717) is 11.8 Å². The van der Waals surface area contributed by atoms with Crippen LogP contribution in [0.4, 0.5) is 10.7 Å². The summed E-state index contributed by atoms with van der Waals surface area (Å²) in [6, 6.07) is 6.87. The number of fused-ring (bicyclic) bond motifs is 3. The maximum Gasteiger partial charge on any atom is 0.402 e. The minimum absolute atomic E-state index is 0.209. The number of nitrogens with zero attached hydrogens (tertiary/aromatic N) is 5. The van der Waals surface area contributed by atoms with Crippen molar-refractivity contribution in [2.45, 2.75) is 39.4 Å².